The third-order valence-corrected chi connectivity index (χ3v) is 8.85. The smallest absolute Gasteiger partial charge is 0.265 e. The maximum absolute atomic E-state index is 13.7. The third-order valence-electron chi connectivity index (χ3n) is 6.80. The molecule has 4 atom stereocenters. The molecule has 172 valence electrons. The molecule has 7 nitrogen and oxygen atoms in total. The van der Waals surface area contributed by atoms with Gasteiger partial charge in [-0.05, 0) is 43.7 Å². The van der Waals surface area contributed by atoms with Crippen LogP contribution in [0, 0.1) is 5.92 Å². The van der Waals surface area contributed by atoms with Crippen molar-refractivity contribution in [1.29, 1.82) is 0 Å². The highest BCUT2D eigenvalue weighted by Gasteiger charge is 2.63. The average Bonchev–Trinajstić information content (AvgIpc) is 3.39. The van der Waals surface area contributed by atoms with Crippen molar-refractivity contribution in [2.75, 3.05) is 19.1 Å². The molecule has 3 aliphatic heterocycles. The molecule has 3 saturated heterocycles. The number of hydrogen-bond acceptors (Lipinski definition) is 7. The van der Waals surface area contributed by atoms with Gasteiger partial charge in [0.2, 0.25) is 5.91 Å². The van der Waals surface area contributed by atoms with E-state index in [1.165, 1.54) is 16.7 Å². The fourth-order valence-corrected chi connectivity index (χ4v) is 6.53. The van der Waals surface area contributed by atoms with Crippen LogP contribution in [-0.2, 0) is 14.4 Å². The van der Waals surface area contributed by atoms with E-state index in [4.69, 9.17) is 21.8 Å². The molecule has 3 heterocycles. The summed E-state index contributed by atoms with van der Waals surface area (Å²) in [7, 11) is 3.54. The number of rotatable bonds is 4. The minimum absolute atomic E-state index is 0.180. The summed E-state index contributed by atoms with van der Waals surface area (Å²) in [5, 5.41) is 1.66. The molecular formula is C24H25N3O4S2. The lowest BCUT2D eigenvalue weighted by atomic mass is 9.90. The number of carbonyl (C=O) groups is 2. The van der Waals surface area contributed by atoms with Gasteiger partial charge in [0.15, 0.2) is 6.10 Å². The van der Waals surface area contributed by atoms with E-state index in [1.807, 2.05) is 47.3 Å². The number of carbonyl (C=O) groups excluding carboxylic acids is 2. The normalized spacial score (nSPS) is 29.2. The molecule has 3 aliphatic rings. The molecule has 5 rings (SSSR count). The molecule has 9 heteroatoms. The number of hydrogen-bond donors (Lipinski definition) is 0. The molecule has 33 heavy (non-hydrogen) atoms. The molecule has 0 saturated carbocycles. The summed E-state index contributed by atoms with van der Waals surface area (Å²) in [6, 6.07) is 16.3. The summed E-state index contributed by atoms with van der Waals surface area (Å²) >= 11 is 7.09. The molecule has 0 radical (unpaired) electrons. The van der Waals surface area contributed by atoms with E-state index < -0.39 is 18.1 Å². The van der Waals surface area contributed by atoms with E-state index in [-0.39, 0.29) is 22.7 Å². The van der Waals surface area contributed by atoms with Crippen LogP contribution in [0.1, 0.15) is 25.5 Å². The van der Waals surface area contributed by atoms with Gasteiger partial charge in [0, 0.05) is 7.05 Å². The zero-order valence-corrected chi connectivity index (χ0v) is 20.4. The van der Waals surface area contributed by atoms with Crippen molar-refractivity contribution in [2.24, 2.45) is 5.92 Å². The summed E-state index contributed by atoms with van der Waals surface area (Å²) in [4.78, 5) is 36.8. The molecule has 3 fully saturated rings. The van der Waals surface area contributed by atoms with Crippen molar-refractivity contribution in [2.45, 2.75) is 36.9 Å². The maximum Gasteiger partial charge on any atom is 0.265 e. The SMILES string of the molecule is COc1ccc(N2C(=O)[C@H]3[C@@H](c4ccccc4)N([C@@H]4SC(=S)N(C)C4(C)C)O[C@H]3C2=O)cc1. The number of anilines is 1. The number of thioether (sulfide) groups is 1. The van der Waals surface area contributed by atoms with Crippen LogP contribution in [0.2, 0.25) is 0 Å². The molecule has 0 unspecified atom stereocenters. The average molecular weight is 484 g/mol. The lowest BCUT2D eigenvalue weighted by Gasteiger charge is -2.39. The number of imide groups is 1. The number of benzene rings is 2. The van der Waals surface area contributed by atoms with E-state index in [1.54, 1.807) is 31.4 Å². The molecule has 0 N–H and O–H groups in total. The molecule has 0 bridgehead atoms. The topological polar surface area (TPSA) is 62.3 Å². The Kier molecular flexibility index (Phi) is 5.48. The fourth-order valence-electron chi connectivity index (χ4n) is 4.71. The Hall–Kier alpha value is -2.46. The Labute approximate surface area is 202 Å². The number of methoxy groups -OCH3 is 1. The number of likely N-dealkylation sites (N-methyl/N-ethyl adjacent to an activating group) is 1. The number of fused-ring (bicyclic) bond motifs is 1. The van der Waals surface area contributed by atoms with Crippen LogP contribution in [0.4, 0.5) is 5.69 Å². The first-order valence-corrected chi connectivity index (χ1v) is 12.0. The van der Waals surface area contributed by atoms with E-state index in [0.717, 1.165) is 9.88 Å². The number of amides is 2. The first kappa shape index (κ1) is 22.3. The number of hydroxylamine groups is 2. The largest absolute Gasteiger partial charge is 0.497 e. The van der Waals surface area contributed by atoms with Crippen LogP contribution in [-0.4, -0.2) is 57.3 Å². The zero-order chi connectivity index (χ0) is 23.5. The predicted molar refractivity (Wildman–Crippen MR) is 131 cm³/mol. The second-order valence-electron chi connectivity index (χ2n) is 8.93. The van der Waals surface area contributed by atoms with Gasteiger partial charge in [0.05, 0.1) is 30.3 Å². The van der Waals surface area contributed by atoms with Crippen LogP contribution < -0.4 is 9.64 Å². The van der Waals surface area contributed by atoms with Crippen LogP contribution in [0.25, 0.3) is 0 Å². The van der Waals surface area contributed by atoms with Gasteiger partial charge >= 0.3 is 0 Å². The Bertz CT molecular complexity index is 1110. The van der Waals surface area contributed by atoms with Gasteiger partial charge in [-0.1, -0.05) is 54.3 Å². The molecule has 0 aliphatic carbocycles. The van der Waals surface area contributed by atoms with Crippen molar-refractivity contribution in [1.82, 2.24) is 9.96 Å². The van der Waals surface area contributed by atoms with Gasteiger partial charge in [-0.2, -0.15) is 5.06 Å². The Morgan fingerprint density at radius 2 is 1.70 bits per heavy atom. The summed E-state index contributed by atoms with van der Waals surface area (Å²) < 4.78 is 5.97. The van der Waals surface area contributed by atoms with E-state index in [0.29, 0.717) is 11.4 Å². The highest BCUT2D eigenvalue weighted by molar-refractivity contribution is 8.23. The van der Waals surface area contributed by atoms with E-state index in [2.05, 4.69) is 13.8 Å². The monoisotopic (exact) mass is 483 g/mol. The maximum atomic E-state index is 13.7. The van der Waals surface area contributed by atoms with Gasteiger partial charge in [0.25, 0.3) is 5.91 Å². The lowest BCUT2D eigenvalue weighted by molar-refractivity contribution is -0.188. The minimum atomic E-state index is -0.888. The van der Waals surface area contributed by atoms with Gasteiger partial charge < -0.3 is 9.64 Å². The van der Waals surface area contributed by atoms with Gasteiger partial charge in [-0.15, -0.1) is 0 Å². The number of nitrogens with zero attached hydrogens (tertiary/aromatic N) is 3. The van der Waals surface area contributed by atoms with Crippen LogP contribution in [0.5, 0.6) is 5.75 Å². The molecule has 0 spiro atoms. The summed E-state index contributed by atoms with van der Waals surface area (Å²) in [6.45, 7) is 4.19. The first-order valence-electron chi connectivity index (χ1n) is 10.7. The Balaban J connectivity index is 1.54. The second kappa shape index (κ2) is 8.09. The van der Waals surface area contributed by atoms with Crippen LogP contribution in [0.15, 0.2) is 54.6 Å². The van der Waals surface area contributed by atoms with Crippen molar-refractivity contribution in [3.63, 3.8) is 0 Å². The lowest BCUT2D eigenvalue weighted by Crippen LogP contribution is -2.51. The quantitative estimate of drug-likeness (QED) is 0.483. The molecule has 2 amide bonds. The summed E-state index contributed by atoms with van der Waals surface area (Å²) in [5.41, 5.74) is 1.09. The Morgan fingerprint density at radius 3 is 2.27 bits per heavy atom. The van der Waals surface area contributed by atoms with Crippen LogP contribution in [0.3, 0.4) is 0 Å². The van der Waals surface area contributed by atoms with Gasteiger partial charge in [-0.25, -0.2) is 4.90 Å². The highest BCUT2D eigenvalue weighted by atomic mass is 32.2. The van der Waals surface area contributed by atoms with Crippen molar-refractivity contribution < 1.29 is 19.2 Å². The van der Waals surface area contributed by atoms with Crippen LogP contribution >= 0.6 is 24.0 Å². The second-order valence-corrected chi connectivity index (χ2v) is 10.6. The third kappa shape index (κ3) is 3.37. The molecule has 0 aromatic heterocycles. The molecular weight excluding hydrogens is 458 g/mol. The van der Waals surface area contributed by atoms with E-state index >= 15 is 0 Å². The first-order chi connectivity index (χ1) is 15.8. The Morgan fingerprint density at radius 1 is 1.03 bits per heavy atom. The van der Waals surface area contributed by atoms with Gasteiger partial charge in [0.1, 0.15) is 15.4 Å². The van der Waals surface area contributed by atoms with E-state index in [9.17, 15) is 9.59 Å². The highest BCUT2D eigenvalue weighted by Crippen LogP contribution is 2.52. The zero-order valence-electron chi connectivity index (χ0n) is 18.8. The van der Waals surface area contributed by atoms with Crippen molar-refractivity contribution in [3.8, 4) is 5.75 Å². The van der Waals surface area contributed by atoms with Crippen molar-refractivity contribution in [3.05, 3.63) is 60.2 Å². The molecule has 2 aromatic carbocycles. The molecule has 2 aromatic rings. The fraction of sp³-hybridized carbons (Fsp3) is 0.375. The number of ether oxygens (including phenoxy) is 1. The standard InChI is InChI=1S/C24H25N3O4S2/c1-24(2)22(33-23(32)25(24)3)27-18(14-8-6-5-7-9-14)17-19(31-27)21(29)26(20(17)28)15-10-12-16(30-4)13-11-15/h5-13,17-19,22H,1-4H3/t17-,18+,19+,22+/m0/s1. The van der Waals surface area contributed by atoms with Crippen molar-refractivity contribution >= 4 is 45.8 Å². The van der Waals surface area contributed by atoms with Gasteiger partial charge in [-0.3, -0.25) is 14.4 Å². The summed E-state index contributed by atoms with van der Waals surface area (Å²) in [6.07, 6.45) is -0.888. The number of thiocarbonyl (C=S) groups is 1. The summed E-state index contributed by atoms with van der Waals surface area (Å²) in [5.74, 6) is -0.611. The predicted octanol–water partition coefficient (Wildman–Crippen LogP) is 3.61. The minimum Gasteiger partial charge on any atom is -0.497 e.